The predicted octanol–water partition coefficient (Wildman–Crippen LogP) is 3.36. The highest BCUT2D eigenvalue weighted by atomic mass is 35.6. The largest absolute Gasteiger partial charge is 0.454 e. The Kier molecular flexibility index (Phi) is 7.28. The van der Waals surface area contributed by atoms with Crippen LogP contribution in [0.3, 0.4) is 0 Å². The predicted molar refractivity (Wildman–Crippen MR) is 76.5 cm³/mol. The van der Waals surface area contributed by atoms with Crippen LogP contribution in [0.2, 0.25) is 0 Å². The lowest BCUT2D eigenvalue weighted by Crippen LogP contribution is -2.29. The van der Waals surface area contributed by atoms with E-state index in [0.717, 1.165) is 4.31 Å². The Morgan fingerprint density at radius 3 is 2.26 bits per heavy atom. The summed E-state index contributed by atoms with van der Waals surface area (Å²) in [5, 5.41) is 3.41. The number of oxime groups is 1. The summed E-state index contributed by atoms with van der Waals surface area (Å²) in [6.45, 7) is 4.41. The first-order chi connectivity index (χ1) is 8.43. The first-order valence-electron chi connectivity index (χ1n) is 4.87. The van der Waals surface area contributed by atoms with Gasteiger partial charge < -0.3 is 4.74 Å². The number of halogens is 3. The van der Waals surface area contributed by atoms with Gasteiger partial charge in [-0.3, -0.25) is 9.63 Å². The van der Waals surface area contributed by atoms with Crippen LogP contribution >= 0.6 is 46.8 Å². The monoisotopic (exact) mass is 350 g/mol. The maximum atomic E-state index is 11.4. The number of rotatable bonds is 4. The number of amides is 1. The Morgan fingerprint density at radius 2 is 1.84 bits per heavy atom. The number of hydrogen-bond acceptors (Lipinski definition) is 6. The molecule has 0 aromatic heterocycles. The molecule has 0 aliphatic rings. The van der Waals surface area contributed by atoms with Crippen LogP contribution in [-0.4, -0.2) is 38.4 Å². The fraction of sp³-hybridized carbons (Fsp3) is 0.667. The maximum Gasteiger partial charge on any atom is 0.445 e. The van der Waals surface area contributed by atoms with Gasteiger partial charge in [-0.25, -0.2) is 9.10 Å². The van der Waals surface area contributed by atoms with E-state index in [1.807, 2.05) is 0 Å². The van der Waals surface area contributed by atoms with Crippen molar-refractivity contribution in [1.29, 1.82) is 0 Å². The second-order valence-electron chi connectivity index (χ2n) is 3.82. The molecule has 1 amide bonds. The van der Waals surface area contributed by atoms with Crippen molar-refractivity contribution >= 4 is 65.0 Å². The highest BCUT2D eigenvalue weighted by molar-refractivity contribution is 8.03. The van der Waals surface area contributed by atoms with E-state index in [1.165, 1.54) is 20.2 Å². The lowest BCUT2D eigenvalue weighted by atomic mass is 10.2. The molecule has 0 unspecified atom stereocenters. The average molecular weight is 352 g/mol. The van der Waals surface area contributed by atoms with Gasteiger partial charge in [-0.2, -0.15) is 0 Å². The van der Waals surface area contributed by atoms with E-state index in [1.54, 1.807) is 13.8 Å². The fourth-order valence-electron chi connectivity index (χ4n) is 0.845. The van der Waals surface area contributed by atoms with Gasteiger partial charge in [-0.15, -0.1) is 0 Å². The minimum absolute atomic E-state index is 0.480. The van der Waals surface area contributed by atoms with Gasteiger partial charge in [0.1, 0.15) is 5.60 Å². The van der Waals surface area contributed by atoms with E-state index in [0.29, 0.717) is 11.9 Å². The number of hydrogen-bond donors (Lipinski definition) is 0. The van der Waals surface area contributed by atoms with Crippen LogP contribution in [0.5, 0.6) is 0 Å². The number of esters is 1. The Morgan fingerprint density at radius 1 is 1.32 bits per heavy atom. The molecule has 0 bridgehead atoms. The van der Waals surface area contributed by atoms with Crippen molar-refractivity contribution in [1.82, 2.24) is 4.31 Å². The SMILES string of the molecule is CC(=O)OC(C)(C)/C=N/OC(=O)N(C)SC(Cl)(Cl)Cl. The molecule has 110 valence electrons. The van der Waals surface area contributed by atoms with Gasteiger partial charge in [-0.05, 0) is 13.8 Å². The Labute approximate surface area is 130 Å². The summed E-state index contributed by atoms with van der Waals surface area (Å²) in [5.41, 5.74) is -0.993. The molecule has 0 aliphatic carbocycles. The molecule has 0 N–H and O–H groups in total. The smallest absolute Gasteiger partial charge is 0.445 e. The van der Waals surface area contributed by atoms with Crippen LogP contribution in [0.4, 0.5) is 4.79 Å². The summed E-state index contributed by atoms with van der Waals surface area (Å²) in [5.74, 6) is -0.480. The summed E-state index contributed by atoms with van der Waals surface area (Å²) >= 11 is 17.1. The summed E-state index contributed by atoms with van der Waals surface area (Å²) in [6, 6.07) is 0. The highest BCUT2D eigenvalue weighted by Crippen LogP contribution is 2.40. The van der Waals surface area contributed by atoms with Gasteiger partial charge in [0.25, 0.3) is 3.12 Å². The Hall–Kier alpha value is -0.370. The number of ether oxygens (including phenoxy) is 1. The van der Waals surface area contributed by atoms with E-state index in [9.17, 15) is 9.59 Å². The maximum absolute atomic E-state index is 11.4. The molecular formula is C9H13Cl3N2O4S. The third kappa shape index (κ3) is 10.1. The summed E-state index contributed by atoms with van der Waals surface area (Å²) < 4.78 is 4.17. The van der Waals surface area contributed by atoms with E-state index >= 15 is 0 Å². The second kappa shape index (κ2) is 7.42. The van der Waals surface area contributed by atoms with Crippen LogP contribution in [0, 0.1) is 0 Å². The Balaban J connectivity index is 4.33. The molecule has 6 nitrogen and oxygen atoms in total. The summed E-state index contributed by atoms with van der Waals surface area (Å²) in [7, 11) is 1.35. The van der Waals surface area contributed by atoms with E-state index in [-0.39, 0.29) is 0 Å². The van der Waals surface area contributed by atoms with Gasteiger partial charge in [0, 0.05) is 25.9 Å². The number of nitrogens with zero attached hydrogens (tertiary/aromatic N) is 2. The number of carbonyl (C=O) groups is 2. The molecule has 0 aromatic carbocycles. The van der Waals surface area contributed by atoms with Crippen molar-refractivity contribution in [2.24, 2.45) is 5.16 Å². The van der Waals surface area contributed by atoms with Crippen LogP contribution < -0.4 is 0 Å². The van der Waals surface area contributed by atoms with Gasteiger partial charge in [0.15, 0.2) is 0 Å². The molecule has 0 fully saturated rings. The quantitative estimate of drug-likeness (QED) is 0.194. The first kappa shape index (κ1) is 18.6. The molecule has 0 spiro atoms. The van der Waals surface area contributed by atoms with E-state index in [2.05, 4.69) is 9.99 Å². The molecule has 0 aliphatic heterocycles. The fourth-order valence-corrected chi connectivity index (χ4v) is 2.20. The minimum atomic E-state index is -1.69. The molecule has 0 atom stereocenters. The molecule has 0 rings (SSSR count). The van der Waals surface area contributed by atoms with Gasteiger partial charge >= 0.3 is 12.1 Å². The molecule has 19 heavy (non-hydrogen) atoms. The highest BCUT2D eigenvalue weighted by Gasteiger charge is 2.27. The normalized spacial score (nSPS) is 12.4. The lowest BCUT2D eigenvalue weighted by molar-refractivity contribution is -0.147. The minimum Gasteiger partial charge on any atom is -0.454 e. The Bertz CT molecular complexity index is 371. The summed E-state index contributed by atoms with van der Waals surface area (Å²) in [4.78, 5) is 26.7. The topological polar surface area (TPSA) is 68.2 Å². The van der Waals surface area contributed by atoms with Crippen LogP contribution in [0.15, 0.2) is 5.16 Å². The number of alkyl halides is 3. The molecule has 0 radical (unpaired) electrons. The van der Waals surface area contributed by atoms with Crippen molar-refractivity contribution in [2.75, 3.05) is 7.05 Å². The summed E-state index contributed by atoms with van der Waals surface area (Å²) in [6.07, 6.45) is 0.325. The third-order valence-electron chi connectivity index (χ3n) is 1.40. The van der Waals surface area contributed by atoms with Gasteiger partial charge in [0.05, 0.1) is 6.21 Å². The zero-order valence-electron chi connectivity index (χ0n) is 10.6. The zero-order chi connectivity index (χ0) is 15.3. The molecule has 0 heterocycles. The lowest BCUT2D eigenvalue weighted by Gasteiger charge is -2.19. The van der Waals surface area contributed by atoms with Gasteiger partial charge in [-0.1, -0.05) is 40.0 Å². The van der Waals surface area contributed by atoms with Crippen molar-refractivity contribution in [3.8, 4) is 0 Å². The zero-order valence-corrected chi connectivity index (χ0v) is 13.7. The molecule has 0 saturated heterocycles. The van der Waals surface area contributed by atoms with Crippen LogP contribution in [0.1, 0.15) is 20.8 Å². The molecule has 10 heteroatoms. The molecule has 0 saturated carbocycles. The van der Waals surface area contributed by atoms with Crippen LogP contribution in [0.25, 0.3) is 0 Å². The van der Waals surface area contributed by atoms with Crippen molar-refractivity contribution in [3.63, 3.8) is 0 Å². The number of carbonyl (C=O) groups excluding carboxylic acids is 2. The van der Waals surface area contributed by atoms with Crippen LogP contribution in [-0.2, 0) is 14.4 Å². The van der Waals surface area contributed by atoms with E-state index < -0.39 is 20.8 Å². The van der Waals surface area contributed by atoms with Crippen molar-refractivity contribution < 1.29 is 19.2 Å². The second-order valence-corrected chi connectivity index (χ2v) is 8.12. The van der Waals surface area contributed by atoms with Crippen molar-refractivity contribution in [2.45, 2.75) is 29.5 Å². The van der Waals surface area contributed by atoms with Crippen molar-refractivity contribution in [3.05, 3.63) is 0 Å². The van der Waals surface area contributed by atoms with Gasteiger partial charge in [0.2, 0.25) is 0 Å². The van der Waals surface area contributed by atoms with E-state index in [4.69, 9.17) is 39.5 Å². The average Bonchev–Trinajstić information content (AvgIpc) is 2.11. The molecule has 0 aromatic rings. The standard InChI is InChI=1S/C9H13Cl3N2O4S/c1-6(15)17-8(2,3)5-13-18-7(16)14(4)19-9(10,11)12/h5H,1-4H3/b13-5+. The molecular weight excluding hydrogens is 339 g/mol. The first-order valence-corrected chi connectivity index (χ1v) is 6.78. The third-order valence-corrected chi connectivity index (χ3v) is 2.65.